The van der Waals surface area contributed by atoms with Crippen molar-refractivity contribution >= 4 is 41.3 Å². The number of carbonyl (C=O) groups is 1. The molecule has 0 saturated carbocycles. The van der Waals surface area contributed by atoms with E-state index in [0.717, 1.165) is 0 Å². The van der Waals surface area contributed by atoms with E-state index in [1.165, 1.54) is 6.92 Å². The highest BCUT2D eigenvalue weighted by Gasteiger charge is 2.07. The molecule has 0 saturated heterocycles. The summed E-state index contributed by atoms with van der Waals surface area (Å²) < 4.78 is -1.08. The van der Waals surface area contributed by atoms with E-state index in [1.807, 2.05) is 0 Å². The summed E-state index contributed by atoms with van der Waals surface area (Å²) in [4.78, 5) is 8.36. The average Bonchev–Trinajstić information content (AvgIpc) is 1.27. The first-order valence-corrected chi connectivity index (χ1v) is 2.69. The third kappa shape index (κ3) is 1560. The summed E-state index contributed by atoms with van der Waals surface area (Å²) in [7, 11) is 0. The highest BCUT2D eigenvalue weighted by atomic mass is 35.6. The van der Waals surface area contributed by atoms with Crippen LogP contribution in [0.3, 0.4) is 0 Å². The van der Waals surface area contributed by atoms with E-state index in [-0.39, 0.29) is 6.47 Å². The lowest BCUT2D eigenvalue weighted by atomic mass is 10.9. The van der Waals surface area contributed by atoms with Gasteiger partial charge in [0.1, 0.15) is 0 Å². The second-order valence-electron chi connectivity index (χ2n) is 0.887. The summed E-state index contributed by atoms with van der Waals surface area (Å²) in [6.07, 6.45) is 0. The lowest BCUT2D eigenvalue weighted by molar-refractivity contribution is -0.122. The monoisotopic (exact) mass is 178 g/mol. The molecule has 0 rings (SSSR count). The van der Waals surface area contributed by atoms with E-state index in [1.54, 1.807) is 0 Å². The zero-order valence-electron chi connectivity index (χ0n) is 4.07. The Bertz CT molecular complexity index is 52.0. The Kier molecular flexibility index (Phi) is 7.65. The maximum Gasteiger partial charge on any atom is 0.290 e. The number of hydrogen-bond donors (Lipinski definition) is 1. The fourth-order valence-electron chi connectivity index (χ4n) is 0. The largest absolute Gasteiger partial charge is 0.483 e. The first-order chi connectivity index (χ1) is 3.41. The molecule has 0 unspecified atom stereocenters. The van der Waals surface area contributed by atoms with E-state index in [2.05, 4.69) is 0 Å². The number of halogens is 3. The molecule has 50 valence electrons. The molecule has 5 heteroatoms. The molecule has 0 bridgehead atoms. The van der Waals surface area contributed by atoms with Crippen molar-refractivity contribution in [2.75, 3.05) is 0 Å². The molecule has 1 N–H and O–H groups in total. The van der Waals surface area contributed by atoms with E-state index in [4.69, 9.17) is 44.7 Å². The van der Waals surface area contributed by atoms with Gasteiger partial charge in [0.25, 0.3) is 6.47 Å². The first kappa shape index (κ1) is 11.2. The van der Waals surface area contributed by atoms with Gasteiger partial charge >= 0.3 is 0 Å². The average molecular weight is 179 g/mol. The van der Waals surface area contributed by atoms with Gasteiger partial charge in [-0.15, -0.1) is 0 Å². The minimum absolute atomic E-state index is 0.250. The number of alkyl halides is 3. The molecule has 0 amide bonds. The number of hydrogen-bond acceptors (Lipinski definition) is 1. The Morgan fingerprint density at radius 2 is 1.50 bits per heavy atom. The van der Waals surface area contributed by atoms with Crippen LogP contribution in [0.5, 0.6) is 0 Å². The van der Waals surface area contributed by atoms with Crippen LogP contribution in [0.4, 0.5) is 0 Å². The van der Waals surface area contributed by atoms with Crippen molar-refractivity contribution in [1.82, 2.24) is 0 Å². The van der Waals surface area contributed by atoms with Crippen LogP contribution in [0.1, 0.15) is 6.92 Å². The highest BCUT2D eigenvalue weighted by molar-refractivity contribution is 6.67. The zero-order valence-corrected chi connectivity index (χ0v) is 6.33. The van der Waals surface area contributed by atoms with E-state index in [0.29, 0.717) is 0 Å². The van der Waals surface area contributed by atoms with Gasteiger partial charge in [-0.1, -0.05) is 34.8 Å². The lowest BCUT2D eigenvalue weighted by Gasteiger charge is -1.94. The quantitative estimate of drug-likeness (QED) is 0.457. The van der Waals surface area contributed by atoms with Crippen molar-refractivity contribution in [1.29, 1.82) is 0 Å². The third-order valence-corrected chi connectivity index (χ3v) is 0. The summed E-state index contributed by atoms with van der Waals surface area (Å²) in [5, 5.41) is 6.89. The molecular formula is C3H5Cl3O2. The van der Waals surface area contributed by atoms with Gasteiger partial charge in [0.15, 0.2) is 3.79 Å². The van der Waals surface area contributed by atoms with Gasteiger partial charge in [0.2, 0.25) is 0 Å². The topological polar surface area (TPSA) is 37.3 Å². The van der Waals surface area contributed by atoms with E-state index >= 15 is 0 Å². The minimum atomic E-state index is -1.08. The van der Waals surface area contributed by atoms with Crippen LogP contribution in [0.15, 0.2) is 0 Å². The van der Waals surface area contributed by atoms with Crippen LogP contribution in [-0.4, -0.2) is 15.4 Å². The molecule has 8 heavy (non-hydrogen) atoms. The molecule has 0 aromatic rings. The first-order valence-electron chi connectivity index (χ1n) is 1.56. The van der Waals surface area contributed by atoms with Crippen LogP contribution in [0.25, 0.3) is 0 Å². The Morgan fingerprint density at radius 1 is 1.50 bits per heavy atom. The highest BCUT2D eigenvalue weighted by Crippen LogP contribution is 2.23. The molecular weight excluding hydrogens is 174 g/mol. The summed E-state index contributed by atoms with van der Waals surface area (Å²) in [6, 6.07) is 0. The predicted molar refractivity (Wildman–Crippen MR) is 34.7 cm³/mol. The Balaban J connectivity index is 0. The van der Waals surface area contributed by atoms with Gasteiger partial charge in [-0.3, -0.25) is 4.79 Å². The van der Waals surface area contributed by atoms with Gasteiger partial charge in [-0.2, -0.15) is 0 Å². The Morgan fingerprint density at radius 3 is 1.50 bits per heavy atom. The number of carboxylic acid groups (broad SMARTS) is 1. The second kappa shape index (κ2) is 5.48. The van der Waals surface area contributed by atoms with Crippen LogP contribution in [0.2, 0.25) is 0 Å². The maximum absolute atomic E-state index is 8.36. The minimum Gasteiger partial charge on any atom is -0.483 e. The van der Waals surface area contributed by atoms with Crippen molar-refractivity contribution in [3.63, 3.8) is 0 Å². The summed E-state index contributed by atoms with van der Waals surface area (Å²) in [5.74, 6) is 0. The van der Waals surface area contributed by atoms with Crippen LogP contribution >= 0.6 is 34.8 Å². The zero-order chi connectivity index (χ0) is 7.21. The van der Waals surface area contributed by atoms with Crippen molar-refractivity contribution in [2.24, 2.45) is 0 Å². The summed E-state index contributed by atoms with van der Waals surface area (Å²) >= 11 is 15.2. The standard InChI is InChI=1S/C2H3Cl3.CH2O2/c1-2(3,4)5;2-1-3/h1H3;1H,(H,2,3). The van der Waals surface area contributed by atoms with Crippen LogP contribution in [-0.2, 0) is 4.79 Å². The normalized spacial score (nSPS) is 9.00. The third-order valence-electron chi connectivity index (χ3n) is 0. The van der Waals surface area contributed by atoms with Crippen molar-refractivity contribution in [2.45, 2.75) is 10.7 Å². The Hall–Kier alpha value is 0.340. The maximum atomic E-state index is 8.36. The molecule has 0 radical (unpaired) electrons. The molecule has 0 heterocycles. The van der Waals surface area contributed by atoms with E-state index in [9.17, 15) is 0 Å². The SMILES string of the molecule is CC(Cl)(Cl)Cl.O=CO. The van der Waals surface area contributed by atoms with Crippen molar-refractivity contribution in [3.8, 4) is 0 Å². The van der Waals surface area contributed by atoms with E-state index < -0.39 is 3.79 Å². The molecule has 0 spiro atoms. The van der Waals surface area contributed by atoms with Crippen molar-refractivity contribution in [3.05, 3.63) is 0 Å². The van der Waals surface area contributed by atoms with Crippen LogP contribution < -0.4 is 0 Å². The smallest absolute Gasteiger partial charge is 0.290 e. The van der Waals surface area contributed by atoms with Gasteiger partial charge in [0.05, 0.1) is 0 Å². The van der Waals surface area contributed by atoms with Gasteiger partial charge in [0, 0.05) is 0 Å². The molecule has 0 atom stereocenters. The molecule has 0 fully saturated rings. The molecule has 2 nitrogen and oxygen atoms in total. The molecule has 0 aromatic heterocycles. The van der Waals surface area contributed by atoms with Crippen molar-refractivity contribution < 1.29 is 9.90 Å². The van der Waals surface area contributed by atoms with Gasteiger partial charge in [-0.25, -0.2) is 0 Å². The lowest BCUT2D eigenvalue weighted by Crippen LogP contribution is -1.87. The number of rotatable bonds is 0. The summed E-state index contributed by atoms with van der Waals surface area (Å²) in [5.41, 5.74) is 0. The van der Waals surface area contributed by atoms with Gasteiger partial charge in [-0.05, 0) is 6.92 Å². The fraction of sp³-hybridized carbons (Fsp3) is 0.667. The Labute approximate surface area is 62.3 Å². The molecule has 0 aliphatic heterocycles. The predicted octanol–water partition coefficient (Wildman–Crippen LogP) is 2.08. The van der Waals surface area contributed by atoms with Crippen LogP contribution in [0, 0.1) is 0 Å². The summed E-state index contributed by atoms with van der Waals surface area (Å²) in [6.45, 7) is 1.23. The molecule has 0 aliphatic rings. The molecule has 0 aliphatic carbocycles. The fourth-order valence-corrected chi connectivity index (χ4v) is 0. The van der Waals surface area contributed by atoms with Gasteiger partial charge < -0.3 is 5.11 Å². The molecule has 0 aromatic carbocycles. The second-order valence-corrected chi connectivity index (χ2v) is 3.73.